The van der Waals surface area contributed by atoms with Crippen LogP contribution in [-0.4, -0.2) is 38.6 Å². The molecule has 0 bridgehead atoms. The van der Waals surface area contributed by atoms with Crippen LogP contribution in [0, 0.1) is 6.92 Å². The van der Waals surface area contributed by atoms with E-state index in [0.29, 0.717) is 17.8 Å². The van der Waals surface area contributed by atoms with Crippen molar-refractivity contribution in [2.45, 2.75) is 40.7 Å². The van der Waals surface area contributed by atoms with Gasteiger partial charge in [0, 0.05) is 29.9 Å². The van der Waals surface area contributed by atoms with Gasteiger partial charge in [0.05, 0.1) is 16.6 Å². The van der Waals surface area contributed by atoms with Crippen LogP contribution in [0.4, 0.5) is 5.69 Å². The molecule has 172 valence electrons. The van der Waals surface area contributed by atoms with Crippen molar-refractivity contribution in [3.05, 3.63) is 78.0 Å². The monoisotopic (exact) mass is 483 g/mol. The lowest BCUT2D eigenvalue weighted by atomic mass is 10.2. The molecule has 1 amide bonds. The van der Waals surface area contributed by atoms with E-state index in [1.807, 2.05) is 19.1 Å². The fourth-order valence-electron chi connectivity index (χ4n) is 3.33. The number of hydrogen-bond donors (Lipinski definition) is 2. The van der Waals surface area contributed by atoms with Crippen LogP contribution < -0.4 is 10.0 Å². The Morgan fingerprint density at radius 2 is 1.85 bits per heavy atom. The van der Waals surface area contributed by atoms with Crippen molar-refractivity contribution >= 4 is 33.4 Å². The van der Waals surface area contributed by atoms with E-state index in [0.717, 1.165) is 34.9 Å². The zero-order valence-electron chi connectivity index (χ0n) is 18.2. The minimum absolute atomic E-state index is 0.0982. The van der Waals surface area contributed by atoms with Gasteiger partial charge in [-0.2, -0.15) is 0 Å². The molecule has 0 spiro atoms. The van der Waals surface area contributed by atoms with Crippen LogP contribution in [0.25, 0.3) is 0 Å². The standard InChI is InChI=1S/C24H25N3O4S2/c1-17-4-11-22(12-5-17)33(29,30)27-19-7-9-21(10-8-19)32-23-13-6-18(15-25-23)24(28)26-16-20-3-2-14-31-20/h4-13,15,20,27H,2-3,14,16H2,1H3,(H,26,28)/t20-/m0/s1. The summed E-state index contributed by atoms with van der Waals surface area (Å²) in [6.07, 6.45) is 3.66. The van der Waals surface area contributed by atoms with Gasteiger partial charge in [-0.05, 0) is 68.3 Å². The number of nitrogens with one attached hydrogen (secondary N) is 2. The van der Waals surface area contributed by atoms with Crippen molar-refractivity contribution in [3.63, 3.8) is 0 Å². The second-order valence-electron chi connectivity index (χ2n) is 7.78. The molecule has 1 aliphatic rings. The molecular weight excluding hydrogens is 458 g/mol. The molecule has 0 aliphatic carbocycles. The van der Waals surface area contributed by atoms with Crippen LogP contribution in [0.3, 0.4) is 0 Å². The molecule has 2 N–H and O–H groups in total. The van der Waals surface area contributed by atoms with Gasteiger partial charge < -0.3 is 10.1 Å². The smallest absolute Gasteiger partial charge is 0.261 e. The van der Waals surface area contributed by atoms with Crippen LogP contribution in [0.2, 0.25) is 0 Å². The van der Waals surface area contributed by atoms with E-state index in [4.69, 9.17) is 4.74 Å². The molecule has 0 radical (unpaired) electrons. The summed E-state index contributed by atoms with van der Waals surface area (Å²) in [5, 5.41) is 3.62. The zero-order chi connectivity index (χ0) is 23.3. The lowest BCUT2D eigenvalue weighted by Crippen LogP contribution is -2.31. The molecule has 0 unspecified atom stereocenters. The first-order chi connectivity index (χ1) is 15.9. The Balaban J connectivity index is 1.33. The number of rotatable bonds is 8. The van der Waals surface area contributed by atoms with Gasteiger partial charge >= 0.3 is 0 Å². The maximum absolute atomic E-state index is 12.5. The highest BCUT2D eigenvalue weighted by Crippen LogP contribution is 2.28. The Bertz CT molecular complexity index is 1190. The molecule has 3 aromatic rings. The Morgan fingerprint density at radius 1 is 1.09 bits per heavy atom. The average Bonchev–Trinajstić information content (AvgIpc) is 3.33. The highest BCUT2D eigenvalue weighted by Gasteiger charge is 2.17. The number of benzene rings is 2. The lowest BCUT2D eigenvalue weighted by Gasteiger charge is -2.11. The Kier molecular flexibility index (Phi) is 7.32. The highest BCUT2D eigenvalue weighted by atomic mass is 32.2. The zero-order valence-corrected chi connectivity index (χ0v) is 19.8. The summed E-state index contributed by atoms with van der Waals surface area (Å²) in [6.45, 7) is 3.17. The van der Waals surface area contributed by atoms with Crippen LogP contribution >= 0.6 is 11.8 Å². The molecule has 1 fully saturated rings. The van der Waals surface area contributed by atoms with Crippen molar-refractivity contribution in [2.24, 2.45) is 0 Å². The topological polar surface area (TPSA) is 97.4 Å². The van der Waals surface area contributed by atoms with E-state index in [2.05, 4.69) is 15.0 Å². The molecule has 1 aromatic heterocycles. The number of carbonyl (C=O) groups excluding carboxylic acids is 1. The van der Waals surface area contributed by atoms with Crippen molar-refractivity contribution in [2.75, 3.05) is 17.9 Å². The van der Waals surface area contributed by atoms with E-state index in [9.17, 15) is 13.2 Å². The first kappa shape index (κ1) is 23.3. The number of aromatic nitrogens is 1. The number of sulfonamides is 1. The summed E-state index contributed by atoms with van der Waals surface area (Å²) in [4.78, 5) is 17.8. The van der Waals surface area contributed by atoms with E-state index in [1.165, 1.54) is 11.8 Å². The van der Waals surface area contributed by atoms with E-state index in [1.54, 1.807) is 54.7 Å². The Labute approximate surface area is 198 Å². The minimum Gasteiger partial charge on any atom is -0.376 e. The van der Waals surface area contributed by atoms with Gasteiger partial charge in [0.15, 0.2) is 0 Å². The fourth-order valence-corrected chi connectivity index (χ4v) is 5.15. The molecule has 1 aliphatic heterocycles. The van der Waals surface area contributed by atoms with E-state index in [-0.39, 0.29) is 16.9 Å². The number of hydrogen-bond acceptors (Lipinski definition) is 6. The maximum atomic E-state index is 12.5. The summed E-state index contributed by atoms with van der Waals surface area (Å²) in [5.74, 6) is -0.167. The van der Waals surface area contributed by atoms with Crippen molar-refractivity contribution in [3.8, 4) is 0 Å². The maximum Gasteiger partial charge on any atom is 0.261 e. The Morgan fingerprint density at radius 3 is 2.48 bits per heavy atom. The number of anilines is 1. The van der Waals surface area contributed by atoms with Crippen LogP contribution in [0.5, 0.6) is 0 Å². The predicted molar refractivity (Wildman–Crippen MR) is 128 cm³/mol. The second kappa shape index (κ2) is 10.4. The SMILES string of the molecule is Cc1ccc(S(=O)(=O)Nc2ccc(Sc3ccc(C(=O)NC[C@@H]4CCCO4)cn3)cc2)cc1. The number of amides is 1. The van der Waals surface area contributed by atoms with Crippen LogP contribution in [0.15, 0.2) is 81.7 Å². The molecule has 0 saturated carbocycles. The summed E-state index contributed by atoms with van der Waals surface area (Å²) in [5.41, 5.74) is 1.97. The lowest BCUT2D eigenvalue weighted by molar-refractivity contribution is 0.0857. The van der Waals surface area contributed by atoms with Gasteiger partial charge in [0.25, 0.3) is 15.9 Å². The fraction of sp³-hybridized carbons (Fsp3) is 0.250. The van der Waals surface area contributed by atoms with E-state index >= 15 is 0 Å². The number of pyridine rings is 1. The van der Waals surface area contributed by atoms with Gasteiger partial charge in [0.2, 0.25) is 0 Å². The van der Waals surface area contributed by atoms with Gasteiger partial charge in [-0.1, -0.05) is 29.5 Å². The van der Waals surface area contributed by atoms with Crippen molar-refractivity contribution in [1.29, 1.82) is 0 Å². The number of aryl methyl sites for hydroxylation is 1. The molecule has 1 atom stereocenters. The predicted octanol–water partition coefficient (Wildman–Crippen LogP) is 4.25. The van der Waals surface area contributed by atoms with Gasteiger partial charge in [-0.25, -0.2) is 13.4 Å². The van der Waals surface area contributed by atoms with E-state index < -0.39 is 10.0 Å². The first-order valence-electron chi connectivity index (χ1n) is 10.6. The number of carbonyl (C=O) groups is 1. The summed E-state index contributed by atoms with van der Waals surface area (Å²) in [7, 11) is -3.64. The van der Waals surface area contributed by atoms with Crippen LogP contribution in [0.1, 0.15) is 28.8 Å². The Hall–Kier alpha value is -2.88. The summed E-state index contributed by atoms with van der Waals surface area (Å²) >= 11 is 1.43. The number of nitrogens with zero attached hydrogens (tertiary/aromatic N) is 1. The third-order valence-electron chi connectivity index (χ3n) is 5.17. The molecule has 4 rings (SSSR count). The summed E-state index contributed by atoms with van der Waals surface area (Å²) < 4.78 is 33.2. The third-order valence-corrected chi connectivity index (χ3v) is 7.53. The molecule has 33 heavy (non-hydrogen) atoms. The van der Waals surface area contributed by atoms with Gasteiger partial charge in [0.1, 0.15) is 5.03 Å². The largest absolute Gasteiger partial charge is 0.376 e. The number of ether oxygens (including phenoxy) is 1. The van der Waals surface area contributed by atoms with Crippen molar-refractivity contribution < 1.29 is 17.9 Å². The molecule has 2 heterocycles. The minimum atomic E-state index is -3.64. The molecule has 9 heteroatoms. The second-order valence-corrected chi connectivity index (χ2v) is 10.6. The average molecular weight is 484 g/mol. The molecule has 1 saturated heterocycles. The van der Waals surface area contributed by atoms with Gasteiger partial charge in [-0.3, -0.25) is 9.52 Å². The molecular formula is C24H25N3O4S2. The third kappa shape index (κ3) is 6.34. The summed E-state index contributed by atoms with van der Waals surface area (Å²) in [6, 6.07) is 17.3. The quantitative estimate of drug-likeness (QED) is 0.497. The highest BCUT2D eigenvalue weighted by molar-refractivity contribution is 7.99. The van der Waals surface area contributed by atoms with Crippen molar-refractivity contribution in [1.82, 2.24) is 10.3 Å². The first-order valence-corrected chi connectivity index (χ1v) is 12.9. The van der Waals surface area contributed by atoms with Crippen LogP contribution in [-0.2, 0) is 14.8 Å². The molecule has 2 aromatic carbocycles. The molecule has 7 nitrogen and oxygen atoms in total. The van der Waals surface area contributed by atoms with Gasteiger partial charge in [-0.15, -0.1) is 0 Å². The normalized spacial score (nSPS) is 15.8.